The molecule has 0 bridgehead atoms. The third kappa shape index (κ3) is 6.21. The van der Waals surface area contributed by atoms with E-state index in [2.05, 4.69) is 69.6 Å². The van der Waals surface area contributed by atoms with Crippen molar-refractivity contribution in [3.8, 4) is 0 Å². The van der Waals surface area contributed by atoms with Crippen molar-refractivity contribution in [2.45, 2.75) is 51.5 Å². The number of benzene rings is 1. The molecule has 0 spiro atoms. The molecule has 30 heavy (non-hydrogen) atoms. The zero-order chi connectivity index (χ0) is 21.3. The van der Waals surface area contributed by atoms with E-state index in [1.54, 1.807) is 0 Å². The summed E-state index contributed by atoms with van der Waals surface area (Å²) < 4.78 is 0. The Kier molecular flexibility index (Phi) is 8.55. The Bertz CT molecular complexity index is 678. The number of amides is 1. The molecule has 2 aliphatic rings. The van der Waals surface area contributed by atoms with Gasteiger partial charge in [0.25, 0.3) is 0 Å². The van der Waals surface area contributed by atoms with Gasteiger partial charge >= 0.3 is 0 Å². The highest BCUT2D eigenvalue weighted by Gasteiger charge is 2.29. The molecule has 2 unspecified atom stereocenters. The lowest BCUT2D eigenvalue weighted by Crippen LogP contribution is -2.52. The monoisotopic (exact) mass is 413 g/mol. The molecule has 2 N–H and O–H groups in total. The van der Waals surface area contributed by atoms with Crippen molar-refractivity contribution in [2.24, 2.45) is 10.9 Å². The van der Waals surface area contributed by atoms with Gasteiger partial charge in [-0.3, -0.25) is 14.7 Å². The standard InChI is InChI=1S/C24H39N5O/c1-19(21-9-5-4-6-10-21)20(2)27-24(25-3)26-13-14-28-15-17-29(18-16-28)23(30)22-11-7-8-12-22/h4-6,9-10,19-20,22H,7-8,11-18H2,1-3H3,(H2,25,26,27). The Morgan fingerprint density at radius 2 is 1.77 bits per heavy atom. The van der Waals surface area contributed by atoms with Crippen LogP contribution in [0.5, 0.6) is 0 Å². The van der Waals surface area contributed by atoms with Crippen LogP contribution in [-0.2, 0) is 4.79 Å². The van der Waals surface area contributed by atoms with Crippen molar-refractivity contribution in [2.75, 3.05) is 46.3 Å². The Labute approximate surface area is 182 Å². The van der Waals surface area contributed by atoms with E-state index in [1.165, 1.54) is 18.4 Å². The largest absolute Gasteiger partial charge is 0.355 e. The molecule has 0 aromatic heterocycles. The number of nitrogens with one attached hydrogen (secondary N) is 2. The van der Waals surface area contributed by atoms with Gasteiger partial charge in [0.2, 0.25) is 5.91 Å². The van der Waals surface area contributed by atoms with Crippen LogP contribution in [0.4, 0.5) is 0 Å². The van der Waals surface area contributed by atoms with E-state index in [9.17, 15) is 4.79 Å². The quantitative estimate of drug-likeness (QED) is 0.533. The number of aliphatic imine (C=N–C) groups is 1. The molecule has 1 aromatic carbocycles. The lowest BCUT2D eigenvalue weighted by Gasteiger charge is -2.36. The van der Waals surface area contributed by atoms with E-state index >= 15 is 0 Å². The Morgan fingerprint density at radius 3 is 2.40 bits per heavy atom. The maximum atomic E-state index is 12.6. The topological polar surface area (TPSA) is 60.0 Å². The lowest BCUT2D eigenvalue weighted by molar-refractivity contribution is -0.137. The first kappa shape index (κ1) is 22.6. The average molecular weight is 414 g/mol. The molecular formula is C24H39N5O. The molecule has 1 amide bonds. The van der Waals surface area contributed by atoms with E-state index in [-0.39, 0.29) is 6.04 Å². The molecule has 0 radical (unpaired) electrons. The molecule has 1 aliphatic heterocycles. The van der Waals surface area contributed by atoms with Crippen molar-refractivity contribution in [3.05, 3.63) is 35.9 Å². The number of guanidine groups is 1. The summed E-state index contributed by atoms with van der Waals surface area (Å²) in [5.41, 5.74) is 1.33. The van der Waals surface area contributed by atoms with E-state index < -0.39 is 0 Å². The third-order valence-electron chi connectivity index (χ3n) is 6.77. The Morgan fingerprint density at radius 1 is 1.10 bits per heavy atom. The number of carbonyl (C=O) groups is 1. The summed E-state index contributed by atoms with van der Waals surface area (Å²) >= 11 is 0. The van der Waals surface area contributed by atoms with E-state index in [0.29, 0.717) is 17.7 Å². The molecule has 166 valence electrons. The van der Waals surface area contributed by atoms with Gasteiger partial charge in [0.1, 0.15) is 0 Å². The molecule has 2 fully saturated rings. The highest BCUT2D eigenvalue weighted by atomic mass is 16.2. The summed E-state index contributed by atoms with van der Waals surface area (Å²) in [7, 11) is 1.82. The minimum Gasteiger partial charge on any atom is -0.355 e. The van der Waals surface area contributed by atoms with Crippen LogP contribution in [0, 0.1) is 5.92 Å². The van der Waals surface area contributed by atoms with E-state index in [4.69, 9.17) is 0 Å². The summed E-state index contributed by atoms with van der Waals surface area (Å²) in [5, 5.41) is 6.97. The third-order valence-corrected chi connectivity index (χ3v) is 6.77. The average Bonchev–Trinajstić information content (AvgIpc) is 3.33. The van der Waals surface area contributed by atoms with E-state index in [0.717, 1.165) is 58.1 Å². The first-order valence-electron chi connectivity index (χ1n) is 11.6. The van der Waals surface area contributed by atoms with Crippen molar-refractivity contribution in [1.29, 1.82) is 0 Å². The molecule has 1 heterocycles. The number of nitrogens with zero attached hydrogens (tertiary/aromatic N) is 3. The van der Waals surface area contributed by atoms with Crippen LogP contribution in [-0.4, -0.2) is 74.0 Å². The van der Waals surface area contributed by atoms with Gasteiger partial charge in [0.05, 0.1) is 0 Å². The van der Waals surface area contributed by atoms with Crippen molar-refractivity contribution in [3.63, 3.8) is 0 Å². The number of hydrogen-bond donors (Lipinski definition) is 2. The minimum absolute atomic E-state index is 0.281. The number of rotatable bonds is 7. The van der Waals surface area contributed by atoms with Gasteiger partial charge in [-0.1, -0.05) is 50.1 Å². The van der Waals surface area contributed by atoms with Gasteiger partial charge in [-0.15, -0.1) is 0 Å². The Hall–Kier alpha value is -2.08. The van der Waals surface area contributed by atoms with Crippen LogP contribution >= 0.6 is 0 Å². The summed E-state index contributed by atoms with van der Waals surface area (Å²) in [4.78, 5) is 21.5. The zero-order valence-corrected chi connectivity index (χ0v) is 18.9. The molecule has 1 aliphatic carbocycles. The van der Waals surface area contributed by atoms with Crippen molar-refractivity contribution in [1.82, 2.24) is 20.4 Å². The summed E-state index contributed by atoms with van der Waals surface area (Å²) in [6.07, 6.45) is 4.63. The molecule has 6 nitrogen and oxygen atoms in total. The fourth-order valence-corrected chi connectivity index (χ4v) is 4.54. The summed E-state index contributed by atoms with van der Waals surface area (Å²) in [6.45, 7) is 9.93. The van der Waals surface area contributed by atoms with Gasteiger partial charge in [-0.25, -0.2) is 0 Å². The lowest BCUT2D eigenvalue weighted by atomic mass is 9.94. The van der Waals surface area contributed by atoms with Gasteiger partial charge in [0.15, 0.2) is 5.96 Å². The molecule has 2 atom stereocenters. The molecular weight excluding hydrogens is 374 g/mol. The van der Waals surface area contributed by atoms with Gasteiger partial charge in [-0.2, -0.15) is 0 Å². The fraction of sp³-hybridized carbons (Fsp3) is 0.667. The maximum Gasteiger partial charge on any atom is 0.225 e. The van der Waals surface area contributed by atoms with E-state index in [1.807, 2.05) is 7.05 Å². The minimum atomic E-state index is 0.281. The molecule has 3 rings (SSSR count). The second-order valence-electron chi connectivity index (χ2n) is 8.78. The van der Waals surface area contributed by atoms with Crippen LogP contribution in [0.1, 0.15) is 51.0 Å². The maximum absolute atomic E-state index is 12.6. The predicted molar refractivity (Wildman–Crippen MR) is 124 cm³/mol. The second kappa shape index (κ2) is 11.3. The molecule has 1 aromatic rings. The zero-order valence-electron chi connectivity index (χ0n) is 18.9. The SMILES string of the molecule is CN=C(NCCN1CCN(C(=O)C2CCCC2)CC1)NC(C)C(C)c1ccccc1. The number of piperazine rings is 1. The predicted octanol–water partition coefficient (Wildman–Crippen LogP) is 2.68. The van der Waals surface area contributed by atoms with Gasteiger partial charge < -0.3 is 15.5 Å². The summed E-state index contributed by atoms with van der Waals surface area (Å²) in [5.74, 6) is 1.94. The highest BCUT2D eigenvalue weighted by Crippen LogP contribution is 2.26. The second-order valence-corrected chi connectivity index (χ2v) is 8.78. The van der Waals surface area contributed by atoms with Crippen LogP contribution in [0.3, 0.4) is 0 Å². The van der Waals surface area contributed by atoms with Gasteiger partial charge in [0, 0.05) is 64.2 Å². The van der Waals surface area contributed by atoms with Crippen LogP contribution in [0.15, 0.2) is 35.3 Å². The highest BCUT2D eigenvalue weighted by molar-refractivity contribution is 5.80. The molecule has 6 heteroatoms. The molecule has 1 saturated heterocycles. The number of carbonyl (C=O) groups excluding carboxylic acids is 1. The van der Waals surface area contributed by atoms with Gasteiger partial charge in [-0.05, 0) is 25.3 Å². The van der Waals surface area contributed by atoms with Crippen molar-refractivity contribution < 1.29 is 4.79 Å². The number of hydrogen-bond acceptors (Lipinski definition) is 3. The first-order chi connectivity index (χ1) is 14.6. The first-order valence-corrected chi connectivity index (χ1v) is 11.6. The smallest absolute Gasteiger partial charge is 0.225 e. The summed E-state index contributed by atoms with van der Waals surface area (Å²) in [6, 6.07) is 10.9. The van der Waals surface area contributed by atoms with Crippen LogP contribution in [0.25, 0.3) is 0 Å². The normalized spacial score (nSPS) is 20.8. The van der Waals surface area contributed by atoms with Crippen molar-refractivity contribution >= 4 is 11.9 Å². The fourth-order valence-electron chi connectivity index (χ4n) is 4.54. The van der Waals surface area contributed by atoms with Crippen LogP contribution < -0.4 is 10.6 Å². The Balaban J connectivity index is 1.35. The van der Waals surface area contributed by atoms with Crippen LogP contribution in [0.2, 0.25) is 0 Å². The molecule has 1 saturated carbocycles.